The van der Waals surface area contributed by atoms with Gasteiger partial charge in [-0.3, -0.25) is 4.79 Å². The fourth-order valence-corrected chi connectivity index (χ4v) is 3.50. The first-order valence-electron chi connectivity index (χ1n) is 6.60. The van der Waals surface area contributed by atoms with Gasteiger partial charge in [-0.1, -0.05) is 6.07 Å². The van der Waals surface area contributed by atoms with E-state index in [1.165, 1.54) is 16.6 Å². The van der Waals surface area contributed by atoms with Crippen molar-refractivity contribution in [2.75, 3.05) is 26.9 Å². The summed E-state index contributed by atoms with van der Waals surface area (Å²) in [6.45, 7) is 0.578. The number of nitrogens with zero attached hydrogens (tertiary/aromatic N) is 2. The van der Waals surface area contributed by atoms with E-state index in [0.717, 1.165) is 5.03 Å². The van der Waals surface area contributed by atoms with Gasteiger partial charge in [0.15, 0.2) is 0 Å². The molecule has 0 aliphatic carbocycles. The maximum atomic E-state index is 12.3. The van der Waals surface area contributed by atoms with Crippen molar-refractivity contribution in [1.29, 1.82) is 0 Å². The van der Waals surface area contributed by atoms with Crippen LogP contribution < -0.4 is 5.32 Å². The first kappa shape index (κ1) is 16.0. The summed E-state index contributed by atoms with van der Waals surface area (Å²) >= 11 is 3.19. The molecule has 112 valence electrons. The zero-order valence-electron chi connectivity index (χ0n) is 12.4. The van der Waals surface area contributed by atoms with E-state index in [1.807, 2.05) is 32.5 Å². The van der Waals surface area contributed by atoms with Crippen LogP contribution >= 0.6 is 23.1 Å². The molecule has 1 atom stereocenters. The summed E-state index contributed by atoms with van der Waals surface area (Å²) in [5, 5.41) is 5.83. The molecule has 0 spiro atoms. The van der Waals surface area contributed by atoms with E-state index in [4.69, 9.17) is 0 Å². The molecule has 0 unspecified atom stereocenters. The molecule has 0 bridgehead atoms. The number of rotatable bonds is 6. The number of amides is 1. The van der Waals surface area contributed by atoms with Crippen molar-refractivity contribution >= 4 is 29.0 Å². The molecule has 0 saturated carbocycles. The molecule has 21 heavy (non-hydrogen) atoms. The number of likely N-dealkylation sites (N-methyl/N-ethyl adjacent to an activating group) is 1. The Morgan fingerprint density at radius 1 is 1.43 bits per heavy atom. The molecule has 0 aliphatic rings. The van der Waals surface area contributed by atoms with Crippen molar-refractivity contribution in [1.82, 2.24) is 15.2 Å². The van der Waals surface area contributed by atoms with E-state index >= 15 is 0 Å². The minimum Gasteiger partial charge on any atom is -0.350 e. The summed E-state index contributed by atoms with van der Waals surface area (Å²) in [4.78, 5) is 19.9. The fourth-order valence-electron chi connectivity index (χ4n) is 2.03. The van der Waals surface area contributed by atoms with Crippen LogP contribution in [0, 0.1) is 0 Å². The van der Waals surface area contributed by atoms with E-state index in [9.17, 15) is 4.79 Å². The lowest BCUT2D eigenvalue weighted by atomic mass is 10.2. The molecule has 0 saturated heterocycles. The molecule has 0 aromatic carbocycles. The van der Waals surface area contributed by atoms with Gasteiger partial charge >= 0.3 is 0 Å². The van der Waals surface area contributed by atoms with Crippen LogP contribution in [-0.4, -0.2) is 42.7 Å². The largest absolute Gasteiger partial charge is 0.350 e. The van der Waals surface area contributed by atoms with Crippen molar-refractivity contribution in [3.05, 3.63) is 46.3 Å². The number of hydrogen-bond acceptors (Lipinski definition) is 5. The lowest BCUT2D eigenvalue weighted by molar-refractivity contribution is 0.0938. The van der Waals surface area contributed by atoms with Crippen LogP contribution in [0.15, 0.2) is 40.9 Å². The number of pyridine rings is 1. The Kier molecular flexibility index (Phi) is 5.78. The quantitative estimate of drug-likeness (QED) is 0.831. The van der Waals surface area contributed by atoms with Crippen LogP contribution in [0.3, 0.4) is 0 Å². The second kappa shape index (κ2) is 7.59. The molecule has 2 aromatic heterocycles. The Hall–Kier alpha value is -1.37. The predicted octanol–water partition coefficient (Wildman–Crippen LogP) is 2.90. The number of carbonyl (C=O) groups excluding carboxylic acids is 1. The van der Waals surface area contributed by atoms with Crippen LogP contribution in [0.1, 0.15) is 21.3 Å². The van der Waals surface area contributed by atoms with E-state index in [0.29, 0.717) is 12.1 Å². The van der Waals surface area contributed by atoms with Crippen molar-refractivity contribution < 1.29 is 4.79 Å². The molecule has 0 radical (unpaired) electrons. The third kappa shape index (κ3) is 4.06. The molecular weight excluding hydrogens is 302 g/mol. The van der Waals surface area contributed by atoms with Crippen molar-refractivity contribution in [2.45, 2.75) is 11.1 Å². The number of hydrogen-bond donors (Lipinski definition) is 1. The minimum atomic E-state index is -0.0733. The lowest BCUT2D eigenvalue weighted by Gasteiger charge is -2.23. The third-order valence-electron chi connectivity index (χ3n) is 3.16. The zero-order valence-corrected chi connectivity index (χ0v) is 14.0. The average Bonchev–Trinajstić information content (AvgIpc) is 3.01. The Morgan fingerprint density at radius 3 is 2.86 bits per heavy atom. The highest BCUT2D eigenvalue weighted by molar-refractivity contribution is 7.98. The van der Waals surface area contributed by atoms with Gasteiger partial charge in [-0.25, -0.2) is 4.98 Å². The average molecular weight is 321 g/mol. The summed E-state index contributed by atoms with van der Waals surface area (Å²) < 4.78 is 0. The molecule has 6 heteroatoms. The maximum absolute atomic E-state index is 12.3. The number of aromatic nitrogens is 1. The van der Waals surface area contributed by atoms with E-state index in [-0.39, 0.29) is 11.9 Å². The van der Waals surface area contributed by atoms with Crippen LogP contribution in [-0.2, 0) is 0 Å². The van der Waals surface area contributed by atoms with E-state index in [2.05, 4.69) is 26.6 Å². The van der Waals surface area contributed by atoms with Gasteiger partial charge in [-0.05, 0) is 43.9 Å². The van der Waals surface area contributed by atoms with Gasteiger partial charge in [0.1, 0.15) is 5.03 Å². The van der Waals surface area contributed by atoms with Gasteiger partial charge in [0, 0.05) is 17.6 Å². The van der Waals surface area contributed by atoms with Gasteiger partial charge in [0.2, 0.25) is 0 Å². The van der Waals surface area contributed by atoms with E-state index < -0.39 is 0 Å². The molecule has 2 rings (SSSR count). The first-order chi connectivity index (χ1) is 10.1. The van der Waals surface area contributed by atoms with Gasteiger partial charge < -0.3 is 10.2 Å². The lowest BCUT2D eigenvalue weighted by Crippen LogP contribution is -2.34. The first-order valence-corrected chi connectivity index (χ1v) is 8.71. The molecule has 2 aromatic rings. The van der Waals surface area contributed by atoms with Gasteiger partial charge in [-0.2, -0.15) is 0 Å². The van der Waals surface area contributed by atoms with Crippen LogP contribution in [0.5, 0.6) is 0 Å². The Morgan fingerprint density at radius 2 is 2.24 bits per heavy atom. The van der Waals surface area contributed by atoms with Crippen molar-refractivity contribution in [3.8, 4) is 0 Å². The number of nitrogens with one attached hydrogen (secondary N) is 1. The standard InChI is InChI=1S/C15H19N3OS2/c1-18(2)12(13-7-5-9-21-13)10-17-14(19)11-6-4-8-16-15(11)20-3/h4-9,12H,10H2,1-3H3,(H,17,19)/t12-/m1/s1. The number of thioether (sulfide) groups is 1. The van der Waals surface area contributed by atoms with E-state index in [1.54, 1.807) is 23.6 Å². The smallest absolute Gasteiger partial charge is 0.254 e. The Bertz CT molecular complexity index is 584. The SMILES string of the molecule is CSc1ncccc1C(=O)NC[C@H](c1cccs1)N(C)C. The summed E-state index contributed by atoms with van der Waals surface area (Å²) in [5.41, 5.74) is 0.633. The van der Waals surface area contributed by atoms with Gasteiger partial charge in [0.05, 0.1) is 11.6 Å². The minimum absolute atomic E-state index is 0.0733. The summed E-state index contributed by atoms with van der Waals surface area (Å²) in [6.07, 6.45) is 3.63. The number of thiophene rings is 1. The monoisotopic (exact) mass is 321 g/mol. The summed E-state index contributed by atoms with van der Waals surface area (Å²) in [7, 11) is 4.04. The fraction of sp³-hybridized carbons (Fsp3) is 0.333. The normalized spacial score (nSPS) is 12.4. The highest BCUT2D eigenvalue weighted by Gasteiger charge is 2.18. The molecule has 4 nitrogen and oxygen atoms in total. The highest BCUT2D eigenvalue weighted by Crippen LogP contribution is 2.23. The Balaban J connectivity index is 2.06. The van der Waals surface area contributed by atoms with Gasteiger partial charge in [-0.15, -0.1) is 23.1 Å². The second-order valence-corrected chi connectivity index (χ2v) is 6.54. The molecule has 0 fully saturated rings. The van der Waals surface area contributed by atoms with Crippen LogP contribution in [0.4, 0.5) is 0 Å². The topological polar surface area (TPSA) is 45.2 Å². The Labute approximate surface area is 133 Å². The highest BCUT2D eigenvalue weighted by atomic mass is 32.2. The molecule has 1 amide bonds. The number of carbonyl (C=O) groups is 1. The summed E-state index contributed by atoms with van der Waals surface area (Å²) in [5.74, 6) is -0.0733. The maximum Gasteiger partial charge on any atom is 0.254 e. The van der Waals surface area contributed by atoms with Crippen LogP contribution in [0.25, 0.3) is 0 Å². The predicted molar refractivity (Wildman–Crippen MR) is 89.1 cm³/mol. The van der Waals surface area contributed by atoms with Crippen molar-refractivity contribution in [3.63, 3.8) is 0 Å². The molecule has 1 N–H and O–H groups in total. The van der Waals surface area contributed by atoms with Crippen molar-refractivity contribution in [2.24, 2.45) is 0 Å². The third-order valence-corrected chi connectivity index (χ3v) is 4.85. The second-order valence-electron chi connectivity index (χ2n) is 4.77. The summed E-state index contributed by atoms with van der Waals surface area (Å²) in [6, 6.07) is 7.91. The van der Waals surface area contributed by atoms with Crippen LogP contribution in [0.2, 0.25) is 0 Å². The molecular formula is C15H19N3OS2. The molecule has 0 aliphatic heterocycles. The zero-order chi connectivity index (χ0) is 15.2. The van der Waals surface area contributed by atoms with Gasteiger partial charge in [0.25, 0.3) is 5.91 Å². The molecule has 2 heterocycles.